The van der Waals surface area contributed by atoms with Gasteiger partial charge in [-0.15, -0.1) is 0 Å². The molecule has 5 rings (SSSR count). The molecule has 0 spiro atoms. The van der Waals surface area contributed by atoms with Gasteiger partial charge in [-0.1, -0.05) is 13.2 Å². The first-order chi connectivity index (χ1) is 39.6. The van der Waals surface area contributed by atoms with Gasteiger partial charge in [0.25, 0.3) is 0 Å². The molecule has 3 fully saturated rings. The number of carbonyl (C=O) groups excluding carboxylic acids is 10. The molecule has 0 heterocycles. The van der Waals surface area contributed by atoms with Crippen LogP contribution in [0.25, 0.3) is 0 Å². The van der Waals surface area contributed by atoms with E-state index in [1.165, 1.54) is 36.4 Å². The van der Waals surface area contributed by atoms with Gasteiger partial charge in [-0.2, -0.15) is 0 Å². The fourth-order valence-electron chi connectivity index (χ4n) is 9.40. The maximum Gasteiger partial charge on any atom is 0.342 e. The second-order valence-corrected chi connectivity index (χ2v) is 19.8. The summed E-state index contributed by atoms with van der Waals surface area (Å²) >= 11 is 0. The van der Waals surface area contributed by atoms with Crippen molar-refractivity contribution in [2.75, 3.05) is 66.1 Å². The summed E-state index contributed by atoms with van der Waals surface area (Å²) < 4.78 is 65.0. The zero-order chi connectivity index (χ0) is 59.2. The summed E-state index contributed by atoms with van der Waals surface area (Å²) in [4.78, 5) is 129. The van der Waals surface area contributed by atoms with Crippen LogP contribution in [-0.2, 0) is 76.3 Å². The van der Waals surface area contributed by atoms with Gasteiger partial charge in [-0.3, -0.25) is 28.8 Å². The molecule has 0 unspecified atom stereocenters. The smallest absolute Gasteiger partial charge is 0.342 e. The van der Waals surface area contributed by atoms with Crippen molar-refractivity contribution in [3.63, 3.8) is 0 Å². The van der Waals surface area contributed by atoms with E-state index in [9.17, 15) is 47.9 Å². The molecular weight excluding hydrogens is 1070 g/mol. The second kappa shape index (κ2) is 35.4. The third kappa shape index (κ3) is 21.8. The number of ether oxygens (including phenoxy) is 12. The topological polar surface area (TPSA) is 281 Å². The van der Waals surface area contributed by atoms with E-state index in [2.05, 4.69) is 13.2 Å². The Kier molecular flexibility index (Phi) is 28.2. The van der Waals surface area contributed by atoms with Crippen LogP contribution < -0.4 is 18.9 Å². The van der Waals surface area contributed by atoms with Gasteiger partial charge in [0.2, 0.25) is 0 Å². The molecule has 0 saturated heterocycles. The molecule has 3 aliphatic rings. The van der Waals surface area contributed by atoms with Crippen molar-refractivity contribution in [2.45, 2.75) is 117 Å². The number of rotatable bonds is 32. The Morgan fingerprint density at radius 1 is 0.378 bits per heavy atom. The molecule has 3 saturated carbocycles. The lowest BCUT2D eigenvalue weighted by molar-refractivity contribution is -0.152. The Morgan fingerprint density at radius 3 is 0.976 bits per heavy atom. The van der Waals surface area contributed by atoms with Gasteiger partial charge in [-0.25, -0.2) is 19.2 Å². The maximum absolute atomic E-state index is 13.7. The lowest BCUT2D eigenvalue weighted by Crippen LogP contribution is -2.31. The van der Waals surface area contributed by atoms with Gasteiger partial charge < -0.3 is 56.8 Å². The molecule has 3 aliphatic carbocycles. The third-order valence-electron chi connectivity index (χ3n) is 14.1. The average molecular weight is 1150 g/mol. The van der Waals surface area contributed by atoms with Crippen molar-refractivity contribution < 1.29 is 105 Å². The summed E-state index contributed by atoms with van der Waals surface area (Å²) in [5.74, 6) is -9.40. The molecule has 22 nitrogen and oxygen atoms in total. The summed E-state index contributed by atoms with van der Waals surface area (Å²) in [5.41, 5.74) is -0.354. The van der Waals surface area contributed by atoms with Gasteiger partial charge >= 0.3 is 59.7 Å². The average Bonchev–Trinajstić information content (AvgIpc) is 3.53. The lowest BCUT2D eigenvalue weighted by Gasteiger charge is -2.26. The molecule has 0 amide bonds. The number of hydrogen-bond acceptors (Lipinski definition) is 22. The van der Waals surface area contributed by atoms with Crippen molar-refractivity contribution in [1.82, 2.24) is 0 Å². The summed E-state index contributed by atoms with van der Waals surface area (Å²) in [6, 6.07) is 7.95. The van der Waals surface area contributed by atoms with Crippen LogP contribution in [-0.4, -0.2) is 126 Å². The predicted octanol–water partition coefficient (Wildman–Crippen LogP) is 7.92. The summed E-state index contributed by atoms with van der Waals surface area (Å²) in [5, 5.41) is 0. The first-order valence-corrected chi connectivity index (χ1v) is 28.2. The van der Waals surface area contributed by atoms with Crippen molar-refractivity contribution in [3.8, 4) is 23.0 Å². The fourth-order valence-corrected chi connectivity index (χ4v) is 9.40. The quantitative estimate of drug-likeness (QED) is 0.0221. The number of esters is 10. The molecule has 0 aromatic heterocycles. The van der Waals surface area contributed by atoms with E-state index in [1.54, 1.807) is 13.8 Å². The highest BCUT2D eigenvalue weighted by atomic mass is 16.6. The van der Waals surface area contributed by atoms with Crippen LogP contribution in [0.15, 0.2) is 61.7 Å². The van der Waals surface area contributed by atoms with Crippen LogP contribution in [0.1, 0.15) is 137 Å². The molecular formula is C60H76O22. The number of unbranched alkanes of at least 4 members (excludes halogenated alkanes) is 2. The largest absolute Gasteiger partial charge is 0.465 e. The first kappa shape index (κ1) is 65.4. The predicted molar refractivity (Wildman–Crippen MR) is 288 cm³/mol. The minimum absolute atomic E-state index is 0.00532. The number of carbonyl (C=O) groups is 10. The van der Waals surface area contributed by atoms with E-state index in [0.29, 0.717) is 90.3 Å². The van der Waals surface area contributed by atoms with E-state index < -0.39 is 71.4 Å². The highest BCUT2D eigenvalue weighted by Gasteiger charge is 2.36. The molecule has 0 aliphatic heterocycles. The first-order valence-electron chi connectivity index (χ1n) is 28.2. The second-order valence-electron chi connectivity index (χ2n) is 19.8. The van der Waals surface area contributed by atoms with Crippen LogP contribution in [0.3, 0.4) is 0 Å². The van der Waals surface area contributed by atoms with Crippen molar-refractivity contribution in [1.29, 1.82) is 0 Å². The van der Waals surface area contributed by atoms with Crippen LogP contribution in [0.2, 0.25) is 0 Å². The Balaban J connectivity index is 1.13. The molecule has 0 bridgehead atoms. The SMILES string of the molecule is C=CC(=O)OCCCCOC(=O)C1CCC(C(=O)Oc2ccc(OC(=O)C3CCC(C(=O)Oc4ccc(OC(=O)C5CCC(C(=O)OCCCCOC(=O)C=C)CC5)cc4C(=O)OCCOCC)CC3)c(C(=O)OCCOCC)c2)CC1. The minimum Gasteiger partial charge on any atom is -0.465 e. The van der Waals surface area contributed by atoms with E-state index >= 15 is 0 Å². The zero-order valence-electron chi connectivity index (χ0n) is 46.9. The summed E-state index contributed by atoms with van der Waals surface area (Å²) in [7, 11) is 0. The Hall–Kier alpha value is -7.46. The van der Waals surface area contributed by atoms with Gasteiger partial charge in [0.1, 0.15) is 47.3 Å². The van der Waals surface area contributed by atoms with E-state index in [1.807, 2.05) is 0 Å². The van der Waals surface area contributed by atoms with Crippen LogP contribution in [0, 0.1) is 35.5 Å². The van der Waals surface area contributed by atoms with Crippen LogP contribution >= 0.6 is 0 Å². The van der Waals surface area contributed by atoms with Crippen molar-refractivity contribution in [2.24, 2.45) is 35.5 Å². The van der Waals surface area contributed by atoms with Gasteiger partial charge in [0, 0.05) is 25.4 Å². The van der Waals surface area contributed by atoms with Crippen molar-refractivity contribution in [3.05, 3.63) is 72.8 Å². The molecule has 0 radical (unpaired) electrons. The maximum atomic E-state index is 13.7. The van der Waals surface area contributed by atoms with Gasteiger partial charge in [-0.05, 0) is 153 Å². The van der Waals surface area contributed by atoms with Gasteiger partial charge in [0.05, 0.1) is 75.1 Å². The zero-order valence-corrected chi connectivity index (χ0v) is 46.9. The standard InChI is InChI=1S/C60H76O22/c1-5-51(61)73-29-9-11-31-75-53(63)39-13-17-41(18-14-39)55(65)79-45-25-27-49(47(37-45)59(69)77-35-33-71-7-3)81-57(67)43-21-23-44(24-22-43)58(68)82-50-28-26-46(38-48(50)60(70)78-36-34-72-8-4)80-56(66)42-19-15-40(16-20-42)54(64)76-32-12-10-30-74-52(62)6-2/h5-6,25-28,37-44H,1-2,7-24,29-36H2,3-4H3. The molecule has 22 heteroatoms. The number of hydrogen-bond donors (Lipinski definition) is 0. The summed E-state index contributed by atoms with van der Waals surface area (Å²) in [6.45, 7) is 11.7. The minimum atomic E-state index is -0.859. The number of benzene rings is 2. The van der Waals surface area contributed by atoms with E-state index in [0.717, 1.165) is 12.2 Å². The molecule has 0 atom stereocenters. The summed E-state index contributed by atoms with van der Waals surface area (Å²) in [6.07, 6.45) is 8.13. The van der Waals surface area contributed by atoms with Crippen molar-refractivity contribution >= 4 is 59.7 Å². The monoisotopic (exact) mass is 1150 g/mol. The molecule has 2 aromatic carbocycles. The molecule has 448 valence electrons. The Morgan fingerprint density at radius 2 is 0.671 bits per heavy atom. The highest BCUT2D eigenvalue weighted by molar-refractivity contribution is 5.95. The molecule has 0 N–H and O–H groups in total. The Labute approximate surface area is 477 Å². The highest BCUT2D eigenvalue weighted by Crippen LogP contribution is 2.37. The molecule has 82 heavy (non-hydrogen) atoms. The van der Waals surface area contributed by atoms with Crippen LogP contribution in [0.4, 0.5) is 0 Å². The fraction of sp³-hybridized carbons (Fsp3) is 0.567. The van der Waals surface area contributed by atoms with Gasteiger partial charge in [0.15, 0.2) is 0 Å². The van der Waals surface area contributed by atoms with Crippen LogP contribution in [0.5, 0.6) is 23.0 Å². The van der Waals surface area contributed by atoms with E-state index in [-0.39, 0.29) is 136 Å². The van der Waals surface area contributed by atoms with E-state index in [4.69, 9.17) is 56.8 Å². The normalized spacial score (nSPS) is 19.4. The Bertz CT molecular complexity index is 2340. The molecule has 2 aromatic rings. The lowest BCUT2D eigenvalue weighted by atomic mass is 9.82. The third-order valence-corrected chi connectivity index (χ3v) is 14.1.